The second-order valence-corrected chi connectivity index (χ2v) is 19.0. The molecule has 4 heterocycles. The lowest BCUT2D eigenvalue weighted by Crippen LogP contribution is -2.59. The minimum Gasteiger partial charge on any atom is -0.483 e. The van der Waals surface area contributed by atoms with Crippen molar-refractivity contribution in [2.75, 3.05) is 6.54 Å². The van der Waals surface area contributed by atoms with Crippen LogP contribution >= 0.6 is 0 Å². The summed E-state index contributed by atoms with van der Waals surface area (Å²) in [5.74, 6) is -2.31. The first-order chi connectivity index (χ1) is 26.2. The highest BCUT2D eigenvalue weighted by Crippen LogP contribution is 2.49. The third-order valence-electron chi connectivity index (χ3n) is 12.2. The van der Waals surface area contributed by atoms with E-state index in [-0.39, 0.29) is 25.8 Å². The van der Waals surface area contributed by atoms with Gasteiger partial charge in [0.05, 0.1) is 22.5 Å². The van der Waals surface area contributed by atoms with E-state index in [9.17, 15) is 40.8 Å². The predicted molar refractivity (Wildman–Crippen MR) is 198 cm³/mol. The Kier molecular flexibility index (Phi) is 9.88. The number of pyridine rings is 1. The van der Waals surface area contributed by atoms with E-state index < -0.39 is 79.5 Å². The number of carbonyl (C=O) groups excluding carboxylic acids is 4. The zero-order valence-corrected chi connectivity index (χ0v) is 32.7. The molecule has 3 aliphatic heterocycles. The molecule has 0 unspecified atom stereocenters. The molecule has 1 spiro atoms. The number of sulfonamides is 1. The average molecular weight is 804 g/mol. The highest BCUT2D eigenvalue weighted by Gasteiger charge is 2.64. The monoisotopic (exact) mass is 803 g/mol. The molecule has 304 valence electrons. The van der Waals surface area contributed by atoms with Gasteiger partial charge in [0, 0.05) is 23.3 Å². The molecule has 56 heavy (non-hydrogen) atoms. The van der Waals surface area contributed by atoms with Crippen molar-refractivity contribution in [1.82, 2.24) is 25.2 Å². The van der Waals surface area contributed by atoms with Crippen LogP contribution in [0.2, 0.25) is 0 Å². The summed E-state index contributed by atoms with van der Waals surface area (Å²) in [4.78, 5) is 62.1. The molecule has 4 amide bonds. The van der Waals surface area contributed by atoms with Crippen molar-refractivity contribution in [2.24, 2.45) is 5.92 Å². The van der Waals surface area contributed by atoms with E-state index in [1.54, 1.807) is 13.0 Å². The fraction of sp³-hybridized carbons (Fsp3) is 0.615. The summed E-state index contributed by atoms with van der Waals surface area (Å²) in [5.41, 5.74) is -3.24. The number of nitrogens with one attached hydrogen (secondary N) is 3. The van der Waals surface area contributed by atoms with Crippen LogP contribution < -0.4 is 20.1 Å². The van der Waals surface area contributed by atoms with Crippen LogP contribution in [-0.2, 0) is 35.6 Å². The van der Waals surface area contributed by atoms with Gasteiger partial charge in [0.15, 0.2) is 0 Å². The fourth-order valence-electron chi connectivity index (χ4n) is 8.10. The van der Waals surface area contributed by atoms with Gasteiger partial charge >= 0.3 is 12.3 Å². The molecule has 2 saturated carbocycles. The third-order valence-corrected chi connectivity index (χ3v) is 14.4. The molecule has 3 N–H and O–H groups in total. The normalized spacial score (nSPS) is 29.7. The molecule has 5 aliphatic rings. The van der Waals surface area contributed by atoms with E-state index in [1.165, 1.54) is 4.90 Å². The second-order valence-electron chi connectivity index (χ2n) is 16.8. The van der Waals surface area contributed by atoms with Crippen LogP contribution in [0.3, 0.4) is 0 Å². The maximum Gasteiger partial charge on any atom is 0.427 e. The molecule has 0 radical (unpaired) electrons. The van der Waals surface area contributed by atoms with Crippen molar-refractivity contribution < 1.29 is 50.2 Å². The van der Waals surface area contributed by atoms with Gasteiger partial charge in [-0.2, -0.15) is 13.2 Å². The van der Waals surface area contributed by atoms with Crippen molar-refractivity contribution in [3.63, 3.8) is 0 Å². The molecule has 5 atom stereocenters. The number of allylic oxidation sites excluding steroid dienone is 1. The Balaban J connectivity index is 1.23. The number of fused-ring (bicyclic) bond motifs is 5. The SMILES string of the molecule is Cc1nc2ccccc2c2c1O[C@]1(CC2)C[C@H]2C(=O)N[C@]3(C(=O)NS(=O)(=O)C4(C)CC4)C[C@H]3/C=C\CCCCC[C@H](NC(=O)OC(C)(C)C(F)(F)F)C(=O)N2C1. The largest absolute Gasteiger partial charge is 0.483 e. The van der Waals surface area contributed by atoms with Crippen LogP contribution in [-0.4, -0.2) is 88.4 Å². The number of ether oxygens (including phenoxy) is 2. The second kappa shape index (κ2) is 13.9. The Labute approximate surface area is 323 Å². The van der Waals surface area contributed by atoms with Crippen molar-refractivity contribution in [3.8, 4) is 5.75 Å². The Morgan fingerprint density at radius 2 is 1.80 bits per heavy atom. The van der Waals surface area contributed by atoms with Crippen LogP contribution in [0.4, 0.5) is 18.0 Å². The zero-order chi connectivity index (χ0) is 40.5. The van der Waals surface area contributed by atoms with Gasteiger partial charge in [-0.25, -0.2) is 18.2 Å². The molecule has 0 bridgehead atoms. The van der Waals surface area contributed by atoms with E-state index in [4.69, 9.17) is 14.5 Å². The van der Waals surface area contributed by atoms with Crippen LogP contribution in [0.15, 0.2) is 36.4 Å². The summed E-state index contributed by atoms with van der Waals surface area (Å²) in [6, 6.07) is 5.01. The van der Waals surface area contributed by atoms with Crippen LogP contribution in [0.25, 0.3) is 10.9 Å². The number of rotatable bonds is 5. The summed E-state index contributed by atoms with van der Waals surface area (Å²) >= 11 is 0. The Morgan fingerprint density at radius 3 is 2.52 bits per heavy atom. The van der Waals surface area contributed by atoms with Crippen LogP contribution in [0, 0.1) is 12.8 Å². The Hall–Kier alpha value is -4.41. The predicted octanol–water partition coefficient (Wildman–Crippen LogP) is 5.04. The van der Waals surface area contributed by atoms with Gasteiger partial charge in [0.2, 0.25) is 27.4 Å². The number of nitrogens with zero attached hydrogens (tertiary/aromatic N) is 2. The number of benzene rings is 1. The van der Waals surface area contributed by atoms with E-state index in [2.05, 4.69) is 15.4 Å². The average Bonchev–Trinajstić information content (AvgIpc) is 4.01. The number of hydrogen-bond acceptors (Lipinski definition) is 9. The summed E-state index contributed by atoms with van der Waals surface area (Å²) in [7, 11) is -4.06. The number of alkyl halides is 3. The highest BCUT2D eigenvalue weighted by molar-refractivity contribution is 7.91. The van der Waals surface area contributed by atoms with E-state index >= 15 is 0 Å². The van der Waals surface area contributed by atoms with Gasteiger partial charge < -0.3 is 25.0 Å². The standard InChI is InChI=1S/C39H48F3N5O8S/c1-23-30-26(25-13-10-11-14-27(25)43-23)16-17-37(54-30)21-29-31(48)45-38(33(50)46-56(52,53)36(4)18-19-36)20-24(38)12-8-6-5-7-9-15-28(32(49)47(29)22-37)44-34(51)55-35(2,3)39(40,41)42/h8,10-14,24,28-29H,5-7,9,15-22H2,1-4H3,(H,44,51)(H,45,48)(H,46,50)/b12-8-/t24-,28+,29+,37-,38-/m1/s1. The summed E-state index contributed by atoms with van der Waals surface area (Å²) in [6.07, 6.45) is 1.41. The topological polar surface area (TPSA) is 173 Å². The van der Waals surface area contributed by atoms with E-state index in [0.29, 0.717) is 76.7 Å². The number of carbonyl (C=O) groups is 4. The summed E-state index contributed by atoms with van der Waals surface area (Å²) in [5, 5.41) is 6.11. The first-order valence-electron chi connectivity index (χ1n) is 19.2. The Morgan fingerprint density at radius 1 is 1.07 bits per heavy atom. The first kappa shape index (κ1) is 39.8. The lowest BCUT2D eigenvalue weighted by atomic mass is 9.87. The number of aryl methyl sites for hydroxylation is 2. The zero-order valence-electron chi connectivity index (χ0n) is 31.9. The summed E-state index contributed by atoms with van der Waals surface area (Å²) < 4.78 is 80.0. The van der Waals surface area contributed by atoms with Crippen molar-refractivity contribution in [3.05, 3.63) is 47.7 Å². The molecular weight excluding hydrogens is 756 g/mol. The quantitative estimate of drug-likeness (QED) is 0.351. The number of alkyl carbamates (subject to hydrolysis) is 1. The van der Waals surface area contributed by atoms with Gasteiger partial charge in [0.1, 0.15) is 29.0 Å². The number of para-hydroxylation sites is 1. The number of hydrogen-bond donors (Lipinski definition) is 3. The molecule has 1 saturated heterocycles. The highest BCUT2D eigenvalue weighted by atomic mass is 32.2. The van der Waals surface area contributed by atoms with E-state index in [0.717, 1.165) is 16.5 Å². The maximum atomic E-state index is 14.6. The number of halogens is 3. The van der Waals surface area contributed by atoms with E-state index in [1.807, 2.05) is 37.3 Å². The molecule has 7 rings (SSSR count). The molecule has 2 aliphatic carbocycles. The van der Waals surface area contributed by atoms with Gasteiger partial charge in [-0.15, -0.1) is 0 Å². The summed E-state index contributed by atoms with van der Waals surface area (Å²) in [6.45, 7) is 4.65. The lowest BCUT2D eigenvalue weighted by molar-refractivity contribution is -0.244. The van der Waals surface area contributed by atoms with Gasteiger partial charge in [-0.1, -0.05) is 43.2 Å². The van der Waals surface area contributed by atoms with Crippen LogP contribution in [0.1, 0.15) is 96.2 Å². The van der Waals surface area contributed by atoms with Gasteiger partial charge in [-0.05, 0) is 85.1 Å². The van der Waals surface area contributed by atoms with Gasteiger partial charge in [-0.3, -0.25) is 19.1 Å². The number of aromatic nitrogens is 1. The fourth-order valence-corrected chi connectivity index (χ4v) is 9.42. The van der Waals surface area contributed by atoms with Crippen molar-refractivity contribution in [2.45, 2.75) is 138 Å². The molecule has 13 nitrogen and oxygen atoms in total. The third kappa shape index (κ3) is 7.31. The van der Waals surface area contributed by atoms with Gasteiger partial charge in [0.25, 0.3) is 5.91 Å². The molecular formula is C39H48F3N5O8S. The van der Waals surface area contributed by atoms with Crippen molar-refractivity contribution >= 4 is 44.7 Å². The smallest absolute Gasteiger partial charge is 0.427 e. The Bertz CT molecular complexity index is 2100. The molecule has 17 heteroatoms. The van der Waals surface area contributed by atoms with Crippen LogP contribution in [0.5, 0.6) is 5.75 Å². The molecule has 3 fully saturated rings. The molecule has 2 aromatic rings. The minimum absolute atomic E-state index is 0.0247. The maximum absolute atomic E-state index is 14.6. The first-order valence-corrected chi connectivity index (χ1v) is 20.7. The van der Waals surface area contributed by atoms with Crippen molar-refractivity contribution in [1.29, 1.82) is 0 Å². The minimum atomic E-state index is -4.89. The molecule has 1 aromatic carbocycles. The number of amides is 4. The lowest BCUT2D eigenvalue weighted by Gasteiger charge is -2.36. The molecule has 1 aromatic heterocycles.